The van der Waals surface area contributed by atoms with E-state index < -0.39 is 6.10 Å². The molecule has 0 aliphatic heterocycles. The van der Waals surface area contributed by atoms with Gasteiger partial charge in [-0.1, -0.05) is 12.1 Å². The van der Waals surface area contributed by atoms with E-state index in [1.165, 1.54) is 11.3 Å². The molecule has 142 valence electrons. The van der Waals surface area contributed by atoms with Gasteiger partial charge in [0.1, 0.15) is 15.6 Å². The number of rotatable bonds is 7. The highest BCUT2D eigenvalue weighted by Crippen LogP contribution is 2.29. The lowest BCUT2D eigenvalue weighted by atomic mass is 10.1. The van der Waals surface area contributed by atoms with Crippen LogP contribution in [-0.4, -0.2) is 28.6 Å². The van der Waals surface area contributed by atoms with Crippen molar-refractivity contribution in [2.75, 3.05) is 6.54 Å². The Morgan fingerprint density at radius 1 is 1.26 bits per heavy atom. The first kappa shape index (κ1) is 19.5. The van der Waals surface area contributed by atoms with Gasteiger partial charge in [0.05, 0.1) is 17.9 Å². The van der Waals surface area contributed by atoms with Crippen LogP contribution in [0.15, 0.2) is 41.1 Å². The highest BCUT2D eigenvalue weighted by molar-refractivity contribution is 7.17. The number of carbonyl (C=O) groups is 1. The average molecular weight is 403 g/mol. The summed E-state index contributed by atoms with van der Waals surface area (Å²) in [7, 11) is 0. The van der Waals surface area contributed by atoms with Gasteiger partial charge in [0.15, 0.2) is 0 Å². The smallest absolute Gasteiger partial charge is 0.263 e. The van der Waals surface area contributed by atoms with Gasteiger partial charge < -0.3 is 15.2 Å². The van der Waals surface area contributed by atoms with Crippen molar-refractivity contribution >= 4 is 28.6 Å². The van der Waals surface area contributed by atoms with Gasteiger partial charge in [0, 0.05) is 17.5 Å². The molecule has 27 heavy (non-hydrogen) atoms. The van der Waals surface area contributed by atoms with E-state index in [-0.39, 0.29) is 18.6 Å². The summed E-state index contributed by atoms with van der Waals surface area (Å²) < 4.78 is 5.59. The average Bonchev–Trinajstić information content (AvgIpc) is 3.29. The zero-order valence-corrected chi connectivity index (χ0v) is 17.1. The highest BCUT2D eigenvalue weighted by atomic mass is 32.1. The van der Waals surface area contributed by atoms with Crippen LogP contribution in [0.1, 0.15) is 40.9 Å². The third-order valence-electron chi connectivity index (χ3n) is 3.86. The predicted molar refractivity (Wildman–Crippen MR) is 110 cm³/mol. The second-order valence-corrected chi connectivity index (χ2v) is 8.19. The second kappa shape index (κ2) is 8.65. The molecule has 1 aromatic carbocycles. The van der Waals surface area contributed by atoms with Crippen molar-refractivity contribution in [3.8, 4) is 16.3 Å². The quantitative estimate of drug-likeness (QED) is 0.613. The Morgan fingerprint density at radius 2 is 2.00 bits per heavy atom. The van der Waals surface area contributed by atoms with Gasteiger partial charge in [0.2, 0.25) is 0 Å². The molecule has 0 saturated heterocycles. The highest BCUT2D eigenvalue weighted by Gasteiger charge is 2.18. The Balaban J connectivity index is 1.60. The van der Waals surface area contributed by atoms with Gasteiger partial charge in [-0.05, 0) is 49.9 Å². The fourth-order valence-electron chi connectivity index (χ4n) is 2.54. The summed E-state index contributed by atoms with van der Waals surface area (Å²) in [5.74, 6) is 0.538. The number of aliphatic hydroxyl groups excluding tert-OH is 1. The molecular weight excluding hydrogens is 380 g/mol. The van der Waals surface area contributed by atoms with Gasteiger partial charge in [-0.25, -0.2) is 4.98 Å². The molecule has 2 N–H and O–H groups in total. The van der Waals surface area contributed by atoms with Gasteiger partial charge in [0.25, 0.3) is 5.91 Å². The van der Waals surface area contributed by atoms with Crippen LogP contribution in [0.3, 0.4) is 0 Å². The van der Waals surface area contributed by atoms with Crippen LogP contribution in [0, 0.1) is 6.92 Å². The minimum absolute atomic E-state index is 0.0988. The van der Waals surface area contributed by atoms with Crippen LogP contribution in [0.5, 0.6) is 5.75 Å². The van der Waals surface area contributed by atoms with Crippen molar-refractivity contribution < 1.29 is 14.6 Å². The number of benzene rings is 1. The van der Waals surface area contributed by atoms with E-state index in [1.54, 1.807) is 23.5 Å². The molecule has 1 unspecified atom stereocenters. The molecule has 0 aliphatic rings. The maximum Gasteiger partial charge on any atom is 0.263 e. The molecule has 7 heteroatoms. The van der Waals surface area contributed by atoms with E-state index in [0.29, 0.717) is 10.6 Å². The van der Waals surface area contributed by atoms with Gasteiger partial charge in [-0.3, -0.25) is 4.79 Å². The Hall–Kier alpha value is -2.22. The van der Waals surface area contributed by atoms with E-state index in [4.69, 9.17) is 4.74 Å². The molecule has 3 aromatic rings. The lowest BCUT2D eigenvalue weighted by Crippen LogP contribution is -2.28. The van der Waals surface area contributed by atoms with Crippen LogP contribution >= 0.6 is 22.7 Å². The first-order valence-corrected chi connectivity index (χ1v) is 10.4. The fraction of sp³-hybridized carbons (Fsp3) is 0.300. The lowest BCUT2D eigenvalue weighted by Gasteiger charge is -2.14. The molecule has 1 amide bonds. The number of thiophene rings is 1. The molecule has 0 radical (unpaired) electrons. The fourth-order valence-corrected chi connectivity index (χ4v) is 4.24. The van der Waals surface area contributed by atoms with Crippen molar-refractivity contribution in [3.63, 3.8) is 0 Å². The zero-order chi connectivity index (χ0) is 19.4. The van der Waals surface area contributed by atoms with Crippen molar-refractivity contribution in [2.24, 2.45) is 0 Å². The summed E-state index contributed by atoms with van der Waals surface area (Å²) in [4.78, 5) is 17.5. The molecule has 5 nitrogen and oxygen atoms in total. The number of carbonyl (C=O) groups excluding carboxylic acids is 1. The lowest BCUT2D eigenvalue weighted by molar-refractivity contribution is 0.0919. The van der Waals surface area contributed by atoms with Gasteiger partial charge >= 0.3 is 0 Å². The standard InChI is InChI=1S/C20H22N2O3S2/c1-12(2)25-16-6-4-14(5-7-16)17(23)10-21-19(24)18-13(3)22-20(27-18)15-8-9-26-11-15/h4-9,11-12,17,23H,10H2,1-3H3,(H,21,24). The molecular formula is C20H22N2O3S2. The summed E-state index contributed by atoms with van der Waals surface area (Å²) >= 11 is 2.96. The molecule has 0 saturated carbocycles. The molecule has 0 bridgehead atoms. The van der Waals surface area contributed by atoms with Crippen LogP contribution < -0.4 is 10.1 Å². The molecule has 0 fully saturated rings. The SMILES string of the molecule is Cc1nc(-c2ccsc2)sc1C(=O)NCC(O)c1ccc(OC(C)C)cc1. The summed E-state index contributed by atoms with van der Waals surface area (Å²) in [6, 6.07) is 9.24. The van der Waals surface area contributed by atoms with Crippen molar-refractivity contribution in [1.82, 2.24) is 10.3 Å². The van der Waals surface area contributed by atoms with Gasteiger partial charge in [-0.2, -0.15) is 11.3 Å². The number of hydrogen-bond donors (Lipinski definition) is 2. The Morgan fingerprint density at radius 3 is 2.63 bits per heavy atom. The number of aliphatic hydroxyl groups is 1. The predicted octanol–water partition coefficient (Wildman–Crippen LogP) is 4.43. The normalized spacial score (nSPS) is 12.2. The van der Waals surface area contributed by atoms with Crippen LogP contribution in [0.25, 0.3) is 10.6 Å². The Kier molecular flexibility index (Phi) is 6.26. The third-order valence-corrected chi connectivity index (χ3v) is 5.75. The molecule has 0 aliphatic carbocycles. The molecule has 2 aromatic heterocycles. The number of nitrogens with one attached hydrogen (secondary N) is 1. The Labute approximate surface area is 166 Å². The summed E-state index contributed by atoms with van der Waals surface area (Å²) in [5.41, 5.74) is 2.45. The maximum absolute atomic E-state index is 12.5. The number of nitrogens with zero attached hydrogens (tertiary/aromatic N) is 1. The minimum Gasteiger partial charge on any atom is -0.491 e. The van der Waals surface area contributed by atoms with Crippen LogP contribution in [0.2, 0.25) is 0 Å². The van der Waals surface area contributed by atoms with Crippen LogP contribution in [0.4, 0.5) is 0 Å². The molecule has 1 atom stereocenters. The number of ether oxygens (including phenoxy) is 1. The second-order valence-electron chi connectivity index (χ2n) is 6.41. The monoisotopic (exact) mass is 402 g/mol. The van der Waals surface area contributed by atoms with E-state index in [2.05, 4.69) is 10.3 Å². The summed E-state index contributed by atoms with van der Waals surface area (Å²) in [5, 5.41) is 18.0. The number of aryl methyl sites for hydroxylation is 1. The largest absolute Gasteiger partial charge is 0.491 e. The third kappa shape index (κ3) is 4.94. The minimum atomic E-state index is -0.786. The van der Waals surface area contributed by atoms with Crippen LogP contribution in [-0.2, 0) is 0 Å². The van der Waals surface area contributed by atoms with E-state index in [0.717, 1.165) is 21.9 Å². The topological polar surface area (TPSA) is 71.5 Å². The summed E-state index contributed by atoms with van der Waals surface area (Å²) in [6.07, 6.45) is -0.687. The van der Waals surface area contributed by atoms with Crippen molar-refractivity contribution in [2.45, 2.75) is 33.0 Å². The number of aromatic nitrogens is 1. The van der Waals surface area contributed by atoms with E-state index in [9.17, 15) is 9.90 Å². The Bertz CT molecular complexity index is 887. The van der Waals surface area contributed by atoms with Crippen molar-refractivity contribution in [1.29, 1.82) is 0 Å². The zero-order valence-electron chi connectivity index (χ0n) is 15.4. The number of hydrogen-bond acceptors (Lipinski definition) is 6. The maximum atomic E-state index is 12.5. The molecule has 2 heterocycles. The van der Waals surface area contributed by atoms with E-state index >= 15 is 0 Å². The number of amides is 1. The van der Waals surface area contributed by atoms with Crippen molar-refractivity contribution in [3.05, 3.63) is 57.2 Å². The summed E-state index contributed by atoms with van der Waals surface area (Å²) in [6.45, 7) is 5.88. The molecule has 0 spiro atoms. The van der Waals surface area contributed by atoms with E-state index in [1.807, 2.05) is 49.7 Å². The first-order chi connectivity index (χ1) is 12.9. The van der Waals surface area contributed by atoms with Gasteiger partial charge in [-0.15, -0.1) is 11.3 Å². The molecule has 3 rings (SSSR count). The number of thiazole rings is 1. The first-order valence-electron chi connectivity index (χ1n) is 8.67.